The van der Waals surface area contributed by atoms with Gasteiger partial charge in [-0.15, -0.1) is 0 Å². The van der Waals surface area contributed by atoms with Crippen LogP contribution in [0.25, 0.3) is 10.9 Å². The average Bonchev–Trinajstić information content (AvgIpc) is 3.38. The summed E-state index contributed by atoms with van der Waals surface area (Å²) in [4.78, 5) is 21.4. The number of hydrogen-bond acceptors (Lipinski definition) is 7. The first-order valence-electron chi connectivity index (χ1n) is 12.5. The van der Waals surface area contributed by atoms with E-state index < -0.39 is 22.0 Å². The number of primary amides is 1. The summed E-state index contributed by atoms with van der Waals surface area (Å²) in [7, 11) is -3.81. The predicted octanol–water partition coefficient (Wildman–Crippen LogP) is 3.46. The Kier molecular flexibility index (Phi) is 6.87. The fraction of sp³-hybridized carbons (Fsp3) is 0.370. The fourth-order valence-corrected chi connectivity index (χ4v) is 6.67. The molecule has 2 aliphatic rings. The van der Waals surface area contributed by atoms with Gasteiger partial charge in [0.05, 0.1) is 12.1 Å². The number of sulfonamides is 1. The zero-order chi connectivity index (χ0) is 26.2. The number of carbonyl (C=O) groups excluding carboxylic acids is 1. The molecule has 2 aliphatic heterocycles. The SMILES string of the molecule is Cc1ccc(C)c(C2CCN(S(=O)(=O)c3cc4ccccc4nc3NCC3CC(C(N)=O)=NO3)CC2)c1. The maximum atomic E-state index is 13.9. The predicted molar refractivity (Wildman–Crippen MR) is 143 cm³/mol. The molecule has 9 nitrogen and oxygen atoms in total. The molecule has 194 valence electrons. The van der Waals surface area contributed by atoms with Crippen molar-refractivity contribution in [2.24, 2.45) is 10.9 Å². The van der Waals surface area contributed by atoms with Gasteiger partial charge < -0.3 is 15.9 Å². The highest BCUT2D eigenvalue weighted by Gasteiger charge is 2.33. The number of anilines is 1. The van der Waals surface area contributed by atoms with E-state index in [9.17, 15) is 13.2 Å². The third kappa shape index (κ3) is 5.17. The number of hydrogen-bond donors (Lipinski definition) is 2. The molecular formula is C27H31N5O4S. The lowest BCUT2D eigenvalue weighted by Gasteiger charge is -2.32. The molecule has 0 spiro atoms. The standard InChI is InChI=1S/C27H31N5O4S/c1-17-7-8-18(2)22(13-17)19-9-11-32(12-10-19)37(34,35)25-14-20-5-3-4-6-23(20)30-27(25)29-16-21-15-24(26(28)33)31-36-21/h3-8,13-14,19,21H,9-12,15-16H2,1-2H3,(H2,28,33)(H,29,30). The summed E-state index contributed by atoms with van der Waals surface area (Å²) in [5, 5.41) is 7.60. The lowest BCUT2D eigenvalue weighted by Crippen LogP contribution is -2.38. The molecule has 3 aromatic rings. The van der Waals surface area contributed by atoms with E-state index in [0.29, 0.717) is 24.5 Å². The van der Waals surface area contributed by atoms with E-state index >= 15 is 0 Å². The van der Waals surface area contributed by atoms with Crippen LogP contribution in [0, 0.1) is 13.8 Å². The number of para-hydroxylation sites is 1. The summed E-state index contributed by atoms with van der Waals surface area (Å²) in [5.41, 5.74) is 9.90. The average molecular weight is 522 g/mol. The van der Waals surface area contributed by atoms with Crippen molar-refractivity contribution in [2.75, 3.05) is 25.0 Å². The molecule has 1 amide bonds. The van der Waals surface area contributed by atoms with Gasteiger partial charge >= 0.3 is 0 Å². The second-order valence-electron chi connectivity index (χ2n) is 9.78. The Labute approximate surface area is 216 Å². The van der Waals surface area contributed by atoms with Crippen molar-refractivity contribution >= 4 is 38.4 Å². The number of aryl methyl sites for hydroxylation is 2. The molecule has 10 heteroatoms. The van der Waals surface area contributed by atoms with Gasteiger partial charge in [0.25, 0.3) is 5.91 Å². The minimum Gasteiger partial charge on any atom is -0.390 e. The number of nitrogens with zero attached hydrogens (tertiary/aromatic N) is 3. The van der Waals surface area contributed by atoms with Crippen molar-refractivity contribution in [3.63, 3.8) is 0 Å². The third-order valence-electron chi connectivity index (χ3n) is 7.15. The lowest BCUT2D eigenvalue weighted by atomic mass is 9.87. The van der Waals surface area contributed by atoms with E-state index in [0.717, 1.165) is 18.2 Å². The van der Waals surface area contributed by atoms with Crippen molar-refractivity contribution in [2.45, 2.75) is 50.0 Å². The van der Waals surface area contributed by atoms with Crippen LogP contribution in [0.5, 0.6) is 0 Å². The molecule has 1 aromatic heterocycles. The quantitative estimate of drug-likeness (QED) is 0.490. The number of amides is 1. The van der Waals surface area contributed by atoms with Gasteiger partial charge in [-0.1, -0.05) is 47.1 Å². The van der Waals surface area contributed by atoms with E-state index in [1.807, 2.05) is 24.3 Å². The smallest absolute Gasteiger partial charge is 0.266 e. The summed E-state index contributed by atoms with van der Waals surface area (Å²) in [6, 6.07) is 15.6. The third-order valence-corrected chi connectivity index (χ3v) is 9.06. The van der Waals surface area contributed by atoms with Crippen LogP contribution >= 0.6 is 0 Å². The maximum Gasteiger partial charge on any atom is 0.266 e. The van der Waals surface area contributed by atoms with E-state index in [2.05, 4.69) is 47.5 Å². The molecule has 3 N–H and O–H groups in total. The number of rotatable bonds is 7. The summed E-state index contributed by atoms with van der Waals surface area (Å²) >= 11 is 0. The van der Waals surface area contributed by atoms with E-state index in [4.69, 9.17) is 10.6 Å². The molecule has 1 saturated heterocycles. The Morgan fingerprint density at radius 3 is 2.62 bits per heavy atom. The van der Waals surface area contributed by atoms with Gasteiger partial charge in [-0.25, -0.2) is 13.4 Å². The van der Waals surface area contributed by atoms with Gasteiger partial charge in [-0.2, -0.15) is 4.31 Å². The number of nitrogens with two attached hydrogens (primary N) is 1. The molecule has 3 heterocycles. The Balaban J connectivity index is 1.37. The van der Waals surface area contributed by atoms with Crippen LogP contribution in [0.1, 0.15) is 41.9 Å². The first kappa shape index (κ1) is 25.2. The van der Waals surface area contributed by atoms with Crippen LogP contribution in [0.4, 0.5) is 5.82 Å². The molecule has 0 bridgehead atoms. The maximum absolute atomic E-state index is 13.9. The van der Waals surface area contributed by atoms with Crippen LogP contribution in [0.3, 0.4) is 0 Å². The molecule has 5 rings (SSSR count). The molecule has 1 unspecified atom stereocenters. The largest absolute Gasteiger partial charge is 0.390 e. The number of carbonyl (C=O) groups is 1. The molecule has 2 aromatic carbocycles. The van der Waals surface area contributed by atoms with Crippen molar-refractivity contribution in [1.29, 1.82) is 0 Å². The van der Waals surface area contributed by atoms with Crippen molar-refractivity contribution < 1.29 is 18.0 Å². The first-order valence-corrected chi connectivity index (χ1v) is 13.9. The molecule has 1 atom stereocenters. The van der Waals surface area contributed by atoms with Gasteiger partial charge in [0, 0.05) is 24.9 Å². The number of piperidine rings is 1. The first-order chi connectivity index (χ1) is 17.7. The van der Waals surface area contributed by atoms with Gasteiger partial charge in [0.15, 0.2) is 6.10 Å². The number of oxime groups is 1. The van der Waals surface area contributed by atoms with Crippen molar-refractivity contribution in [1.82, 2.24) is 9.29 Å². The summed E-state index contributed by atoms with van der Waals surface area (Å²) in [6.45, 7) is 5.30. The van der Waals surface area contributed by atoms with Crippen molar-refractivity contribution in [3.8, 4) is 0 Å². The van der Waals surface area contributed by atoms with E-state index in [1.165, 1.54) is 16.7 Å². The Morgan fingerprint density at radius 2 is 1.89 bits per heavy atom. The second-order valence-corrected chi connectivity index (χ2v) is 11.7. The lowest BCUT2D eigenvalue weighted by molar-refractivity contribution is -0.112. The molecule has 0 radical (unpaired) electrons. The van der Waals surface area contributed by atoms with Gasteiger partial charge in [-0.3, -0.25) is 4.79 Å². The molecular weight excluding hydrogens is 490 g/mol. The van der Waals surface area contributed by atoms with Crippen molar-refractivity contribution in [3.05, 3.63) is 65.2 Å². The summed E-state index contributed by atoms with van der Waals surface area (Å²) in [6.07, 6.45) is 1.33. The van der Waals surface area contributed by atoms with Crippen LogP contribution in [-0.4, -0.2) is 55.1 Å². The zero-order valence-corrected chi connectivity index (χ0v) is 21.8. The van der Waals surface area contributed by atoms with Gasteiger partial charge in [0.2, 0.25) is 10.0 Å². The number of nitrogens with one attached hydrogen (secondary N) is 1. The van der Waals surface area contributed by atoms with Crippen LogP contribution in [0.2, 0.25) is 0 Å². The highest BCUT2D eigenvalue weighted by molar-refractivity contribution is 7.89. The zero-order valence-electron chi connectivity index (χ0n) is 21.0. The molecule has 0 aliphatic carbocycles. The minimum absolute atomic E-state index is 0.130. The fourth-order valence-electron chi connectivity index (χ4n) is 5.06. The van der Waals surface area contributed by atoms with Crippen LogP contribution in [-0.2, 0) is 19.7 Å². The molecule has 0 saturated carbocycles. The highest BCUT2D eigenvalue weighted by Crippen LogP contribution is 2.35. The number of pyridine rings is 1. The molecule has 37 heavy (non-hydrogen) atoms. The van der Waals surface area contributed by atoms with Gasteiger partial charge in [0.1, 0.15) is 16.4 Å². The number of fused-ring (bicyclic) bond motifs is 1. The summed E-state index contributed by atoms with van der Waals surface area (Å²) < 4.78 is 29.3. The second kappa shape index (κ2) is 10.1. The van der Waals surface area contributed by atoms with Gasteiger partial charge in [-0.05, 0) is 55.9 Å². The normalized spacial score (nSPS) is 19.0. The highest BCUT2D eigenvalue weighted by atomic mass is 32.2. The topological polar surface area (TPSA) is 127 Å². The summed E-state index contributed by atoms with van der Waals surface area (Å²) in [5.74, 6) is -0.0389. The van der Waals surface area contributed by atoms with Crippen LogP contribution in [0.15, 0.2) is 58.6 Å². The Bertz CT molecular complexity index is 1480. The van der Waals surface area contributed by atoms with E-state index in [-0.39, 0.29) is 29.4 Å². The Morgan fingerprint density at radius 1 is 1.14 bits per heavy atom. The Hall–Kier alpha value is -3.50. The minimum atomic E-state index is -3.81. The monoisotopic (exact) mass is 521 g/mol. The number of benzene rings is 2. The molecule has 1 fully saturated rings. The number of aromatic nitrogens is 1. The van der Waals surface area contributed by atoms with Crippen LogP contribution < -0.4 is 11.1 Å². The van der Waals surface area contributed by atoms with E-state index in [1.54, 1.807) is 10.4 Å².